The van der Waals surface area contributed by atoms with Crippen LogP contribution in [0, 0.1) is 12.7 Å². The average Bonchev–Trinajstić information content (AvgIpc) is 2.69. The Balaban J connectivity index is 2.18. The number of nitrogens with one attached hydrogen (secondary N) is 1. The molecule has 0 saturated carbocycles. The summed E-state index contributed by atoms with van der Waals surface area (Å²) in [6, 6.07) is 7.01. The number of hydrogen-bond acceptors (Lipinski definition) is 3. The number of rotatable bonds is 2. The van der Waals surface area contributed by atoms with E-state index in [1.165, 1.54) is 12.1 Å². The van der Waals surface area contributed by atoms with Crippen molar-refractivity contribution in [2.45, 2.75) is 6.92 Å². The number of anilines is 2. The highest BCUT2D eigenvalue weighted by Crippen LogP contribution is 2.20. The molecule has 17 heavy (non-hydrogen) atoms. The zero-order valence-corrected chi connectivity index (χ0v) is 9.16. The SMILES string of the molecule is Cc1ccc(C(=O)Nc2ccc(F)cc2N)o1. The second-order valence-corrected chi connectivity index (χ2v) is 3.60. The number of carbonyl (C=O) groups excluding carboxylic acids is 1. The lowest BCUT2D eigenvalue weighted by Gasteiger charge is -2.06. The van der Waals surface area contributed by atoms with Gasteiger partial charge in [-0.1, -0.05) is 0 Å². The third-order valence-corrected chi connectivity index (χ3v) is 2.23. The van der Waals surface area contributed by atoms with Gasteiger partial charge >= 0.3 is 0 Å². The van der Waals surface area contributed by atoms with Crippen molar-refractivity contribution >= 4 is 17.3 Å². The molecular weight excluding hydrogens is 223 g/mol. The molecule has 88 valence electrons. The van der Waals surface area contributed by atoms with Crippen LogP contribution in [0.25, 0.3) is 0 Å². The zero-order chi connectivity index (χ0) is 12.4. The normalized spacial score (nSPS) is 10.2. The number of hydrogen-bond donors (Lipinski definition) is 2. The summed E-state index contributed by atoms with van der Waals surface area (Å²) in [7, 11) is 0. The van der Waals surface area contributed by atoms with Gasteiger partial charge in [0.05, 0.1) is 11.4 Å². The molecule has 0 aliphatic carbocycles. The molecule has 0 unspecified atom stereocenters. The van der Waals surface area contributed by atoms with Gasteiger partial charge in [0.1, 0.15) is 11.6 Å². The van der Waals surface area contributed by atoms with Crippen LogP contribution in [0.15, 0.2) is 34.7 Å². The van der Waals surface area contributed by atoms with Crippen LogP contribution in [0.5, 0.6) is 0 Å². The number of nitrogens with two attached hydrogens (primary N) is 1. The van der Waals surface area contributed by atoms with Gasteiger partial charge in [-0.25, -0.2) is 4.39 Å². The maximum atomic E-state index is 12.8. The average molecular weight is 234 g/mol. The smallest absolute Gasteiger partial charge is 0.291 e. The van der Waals surface area contributed by atoms with E-state index >= 15 is 0 Å². The van der Waals surface area contributed by atoms with E-state index in [1.807, 2.05) is 0 Å². The molecular formula is C12H11FN2O2. The molecule has 4 nitrogen and oxygen atoms in total. The van der Waals surface area contributed by atoms with Crippen molar-refractivity contribution in [1.29, 1.82) is 0 Å². The minimum atomic E-state index is -0.450. The van der Waals surface area contributed by atoms with E-state index in [-0.39, 0.29) is 11.4 Å². The fourth-order valence-corrected chi connectivity index (χ4v) is 1.39. The molecule has 1 aromatic heterocycles. The van der Waals surface area contributed by atoms with E-state index in [1.54, 1.807) is 19.1 Å². The van der Waals surface area contributed by atoms with Gasteiger partial charge in [0.15, 0.2) is 5.76 Å². The Morgan fingerprint density at radius 3 is 2.71 bits per heavy atom. The Hall–Kier alpha value is -2.30. The number of amides is 1. The van der Waals surface area contributed by atoms with E-state index < -0.39 is 11.7 Å². The fourth-order valence-electron chi connectivity index (χ4n) is 1.39. The summed E-state index contributed by atoms with van der Waals surface area (Å²) in [6.45, 7) is 1.74. The van der Waals surface area contributed by atoms with Crippen molar-refractivity contribution in [3.63, 3.8) is 0 Å². The van der Waals surface area contributed by atoms with Gasteiger partial charge in [-0.3, -0.25) is 4.79 Å². The molecule has 0 radical (unpaired) electrons. The summed E-state index contributed by atoms with van der Waals surface area (Å²) < 4.78 is 18.0. The molecule has 0 aliphatic heterocycles. The van der Waals surface area contributed by atoms with Crippen molar-refractivity contribution in [2.24, 2.45) is 0 Å². The number of halogens is 1. The van der Waals surface area contributed by atoms with Crippen LogP contribution < -0.4 is 11.1 Å². The van der Waals surface area contributed by atoms with E-state index in [4.69, 9.17) is 10.2 Å². The highest BCUT2D eigenvalue weighted by molar-refractivity contribution is 6.03. The highest BCUT2D eigenvalue weighted by atomic mass is 19.1. The second kappa shape index (κ2) is 4.29. The zero-order valence-electron chi connectivity index (χ0n) is 9.16. The molecule has 0 atom stereocenters. The summed E-state index contributed by atoms with van der Waals surface area (Å²) in [5.74, 6) is -0.0424. The third kappa shape index (κ3) is 2.44. The molecule has 1 amide bonds. The first-order valence-electron chi connectivity index (χ1n) is 4.99. The Morgan fingerprint density at radius 1 is 1.35 bits per heavy atom. The summed E-state index contributed by atoms with van der Waals surface area (Å²) in [6.07, 6.45) is 0. The molecule has 0 spiro atoms. The largest absolute Gasteiger partial charge is 0.456 e. The molecule has 5 heteroatoms. The molecule has 0 bridgehead atoms. The van der Waals surface area contributed by atoms with Crippen LogP contribution in [0.1, 0.15) is 16.3 Å². The monoisotopic (exact) mass is 234 g/mol. The van der Waals surface area contributed by atoms with Gasteiger partial charge < -0.3 is 15.5 Å². The number of benzene rings is 1. The predicted molar refractivity (Wildman–Crippen MR) is 62.2 cm³/mol. The summed E-state index contributed by atoms with van der Waals surface area (Å²) >= 11 is 0. The van der Waals surface area contributed by atoms with Gasteiger partial charge in [-0.15, -0.1) is 0 Å². The Labute approximate surface area is 97.2 Å². The standard InChI is InChI=1S/C12H11FN2O2/c1-7-2-5-11(17-7)12(16)15-10-4-3-8(13)6-9(10)14/h2-6H,14H2,1H3,(H,15,16). The van der Waals surface area contributed by atoms with Crippen LogP contribution >= 0.6 is 0 Å². The summed E-state index contributed by atoms with van der Waals surface area (Å²) in [5, 5.41) is 2.54. The second-order valence-electron chi connectivity index (χ2n) is 3.60. The van der Waals surface area contributed by atoms with Gasteiger partial charge in [-0.05, 0) is 37.3 Å². The fraction of sp³-hybridized carbons (Fsp3) is 0.0833. The molecule has 0 fully saturated rings. The molecule has 2 rings (SSSR count). The van der Waals surface area contributed by atoms with Crippen molar-refractivity contribution in [3.05, 3.63) is 47.7 Å². The van der Waals surface area contributed by atoms with E-state index in [0.717, 1.165) is 6.07 Å². The lowest BCUT2D eigenvalue weighted by Crippen LogP contribution is -2.12. The molecule has 0 saturated heterocycles. The Kier molecular flexibility index (Phi) is 2.82. The molecule has 1 heterocycles. The maximum absolute atomic E-state index is 12.8. The van der Waals surface area contributed by atoms with Crippen LogP contribution in [-0.2, 0) is 0 Å². The predicted octanol–water partition coefficient (Wildman–Crippen LogP) is 2.56. The van der Waals surface area contributed by atoms with Gasteiger partial charge in [0.25, 0.3) is 5.91 Å². The van der Waals surface area contributed by atoms with Gasteiger partial charge in [0, 0.05) is 0 Å². The number of aryl methyl sites for hydroxylation is 1. The molecule has 3 N–H and O–H groups in total. The van der Waals surface area contributed by atoms with Crippen molar-refractivity contribution in [3.8, 4) is 0 Å². The van der Waals surface area contributed by atoms with Gasteiger partial charge in [0.2, 0.25) is 0 Å². The maximum Gasteiger partial charge on any atom is 0.291 e. The van der Waals surface area contributed by atoms with Gasteiger partial charge in [-0.2, -0.15) is 0 Å². The molecule has 2 aromatic rings. The van der Waals surface area contributed by atoms with Crippen molar-refractivity contribution in [2.75, 3.05) is 11.1 Å². The Morgan fingerprint density at radius 2 is 2.12 bits per heavy atom. The van der Waals surface area contributed by atoms with Crippen LogP contribution in [0.3, 0.4) is 0 Å². The first-order valence-corrected chi connectivity index (χ1v) is 4.99. The lowest BCUT2D eigenvalue weighted by molar-refractivity contribution is 0.0995. The first kappa shape index (κ1) is 11.2. The molecule has 1 aromatic carbocycles. The highest BCUT2D eigenvalue weighted by Gasteiger charge is 2.11. The number of nitrogen functional groups attached to an aromatic ring is 1. The van der Waals surface area contributed by atoms with Crippen LogP contribution in [0.2, 0.25) is 0 Å². The first-order chi connectivity index (χ1) is 8.06. The molecule has 0 aliphatic rings. The van der Waals surface area contributed by atoms with E-state index in [9.17, 15) is 9.18 Å². The topological polar surface area (TPSA) is 68.3 Å². The Bertz CT molecular complexity index is 563. The number of carbonyl (C=O) groups is 1. The van der Waals surface area contributed by atoms with Crippen LogP contribution in [-0.4, -0.2) is 5.91 Å². The summed E-state index contributed by atoms with van der Waals surface area (Å²) in [4.78, 5) is 11.7. The quantitative estimate of drug-likeness (QED) is 0.784. The minimum Gasteiger partial charge on any atom is -0.456 e. The third-order valence-electron chi connectivity index (χ3n) is 2.23. The lowest BCUT2D eigenvalue weighted by atomic mass is 10.2. The number of furan rings is 1. The van der Waals surface area contributed by atoms with Crippen molar-refractivity contribution in [1.82, 2.24) is 0 Å². The van der Waals surface area contributed by atoms with E-state index in [2.05, 4.69) is 5.32 Å². The van der Waals surface area contributed by atoms with E-state index in [0.29, 0.717) is 11.4 Å². The summed E-state index contributed by atoms with van der Waals surface area (Å²) in [5.41, 5.74) is 6.09. The van der Waals surface area contributed by atoms with Crippen molar-refractivity contribution < 1.29 is 13.6 Å². The minimum absolute atomic E-state index is 0.168. The van der Waals surface area contributed by atoms with Crippen LogP contribution in [0.4, 0.5) is 15.8 Å².